The number of halogens is 2. The van der Waals surface area contributed by atoms with Gasteiger partial charge in [0.05, 0.1) is 0 Å². The molecule has 64 valence electrons. The van der Waals surface area contributed by atoms with Gasteiger partial charge in [-0.2, -0.15) is 0 Å². The summed E-state index contributed by atoms with van der Waals surface area (Å²) in [7, 11) is 1.36. The van der Waals surface area contributed by atoms with Crippen molar-refractivity contribution in [1.29, 1.82) is 0 Å². The third-order valence-corrected chi connectivity index (χ3v) is 1.99. The van der Waals surface area contributed by atoms with Gasteiger partial charge in [-0.1, -0.05) is 0 Å². The lowest BCUT2D eigenvalue weighted by Crippen LogP contribution is -2.43. The largest absolute Gasteiger partial charge is 0.374 e. The molecule has 0 heterocycles. The van der Waals surface area contributed by atoms with Gasteiger partial charge in [-0.05, 0) is 0 Å². The van der Waals surface area contributed by atoms with E-state index in [9.17, 15) is 13.6 Å². The van der Waals surface area contributed by atoms with Crippen LogP contribution in [-0.2, 0) is 9.53 Å². The van der Waals surface area contributed by atoms with Crippen molar-refractivity contribution in [3.8, 4) is 0 Å². The van der Waals surface area contributed by atoms with E-state index in [0.717, 1.165) is 0 Å². The fraction of sp³-hybridized carbons (Fsp3) is 0.857. The van der Waals surface area contributed by atoms with Gasteiger partial charge in [-0.15, -0.1) is 0 Å². The van der Waals surface area contributed by atoms with E-state index < -0.39 is 12.0 Å². The van der Waals surface area contributed by atoms with Gasteiger partial charge in [0.15, 0.2) is 0 Å². The van der Waals surface area contributed by atoms with Crippen LogP contribution in [0.3, 0.4) is 0 Å². The summed E-state index contributed by atoms with van der Waals surface area (Å²) >= 11 is 0. The number of hydrogen-bond acceptors (Lipinski definition) is 2. The van der Waals surface area contributed by atoms with Crippen LogP contribution in [0.25, 0.3) is 0 Å². The Labute approximate surface area is 63.5 Å². The van der Waals surface area contributed by atoms with E-state index in [4.69, 9.17) is 4.74 Å². The van der Waals surface area contributed by atoms with Crippen molar-refractivity contribution in [1.82, 2.24) is 0 Å². The molecule has 4 heteroatoms. The number of hydrogen-bond donors (Lipinski definition) is 0. The predicted molar refractivity (Wildman–Crippen MR) is 34.5 cm³/mol. The summed E-state index contributed by atoms with van der Waals surface area (Å²) in [6, 6.07) is 0. The topological polar surface area (TPSA) is 26.3 Å². The maximum absolute atomic E-state index is 12.2. The van der Waals surface area contributed by atoms with Crippen molar-refractivity contribution in [2.24, 2.45) is 5.92 Å². The van der Waals surface area contributed by atoms with Crippen molar-refractivity contribution >= 4 is 6.29 Å². The Hall–Kier alpha value is -0.510. The molecule has 0 spiro atoms. The van der Waals surface area contributed by atoms with Crippen LogP contribution in [0.2, 0.25) is 0 Å². The first-order valence-electron chi connectivity index (χ1n) is 3.45. The fourth-order valence-electron chi connectivity index (χ4n) is 1.30. The van der Waals surface area contributed by atoms with Gasteiger partial charge in [0.2, 0.25) is 5.92 Å². The molecule has 0 aromatic carbocycles. The molecule has 1 saturated carbocycles. The highest BCUT2D eigenvalue weighted by atomic mass is 19.3. The summed E-state index contributed by atoms with van der Waals surface area (Å²) in [4.78, 5) is 10.2. The van der Waals surface area contributed by atoms with E-state index in [1.807, 2.05) is 0 Å². The molecule has 1 atom stereocenters. The fourth-order valence-corrected chi connectivity index (χ4v) is 1.30. The number of aldehydes is 1. The zero-order valence-electron chi connectivity index (χ0n) is 6.22. The summed E-state index contributed by atoms with van der Waals surface area (Å²) in [5.41, 5.74) is 0. The molecule has 2 nitrogen and oxygen atoms in total. The molecule has 0 saturated heterocycles. The van der Waals surface area contributed by atoms with Crippen LogP contribution in [0.5, 0.6) is 0 Å². The van der Waals surface area contributed by atoms with Crippen LogP contribution < -0.4 is 0 Å². The van der Waals surface area contributed by atoms with Crippen LogP contribution >= 0.6 is 0 Å². The third kappa shape index (κ3) is 1.74. The highest BCUT2D eigenvalue weighted by Crippen LogP contribution is 2.44. The minimum absolute atomic E-state index is 0.218. The monoisotopic (exact) mass is 164 g/mol. The van der Waals surface area contributed by atoms with Crippen molar-refractivity contribution in [2.75, 3.05) is 7.11 Å². The molecule has 0 aliphatic heterocycles. The molecular weight excluding hydrogens is 154 g/mol. The molecule has 1 rings (SSSR count). The van der Waals surface area contributed by atoms with Crippen LogP contribution in [0.1, 0.15) is 12.8 Å². The molecule has 1 fully saturated rings. The average Bonchev–Trinajstić information content (AvgIpc) is 1.86. The van der Waals surface area contributed by atoms with E-state index in [2.05, 4.69) is 0 Å². The lowest BCUT2D eigenvalue weighted by Gasteiger charge is -2.37. The second-order valence-corrected chi connectivity index (χ2v) is 2.86. The zero-order chi connectivity index (χ0) is 8.48. The number of carbonyl (C=O) groups excluding carboxylic acids is 1. The Morgan fingerprint density at radius 1 is 1.64 bits per heavy atom. The van der Waals surface area contributed by atoms with Crippen LogP contribution in [0, 0.1) is 5.92 Å². The first-order valence-corrected chi connectivity index (χ1v) is 3.45. The Balaban J connectivity index is 2.35. The van der Waals surface area contributed by atoms with Gasteiger partial charge >= 0.3 is 0 Å². The second kappa shape index (κ2) is 2.85. The maximum atomic E-state index is 12.2. The average molecular weight is 164 g/mol. The van der Waals surface area contributed by atoms with Gasteiger partial charge in [-0.25, -0.2) is 8.78 Å². The highest BCUT2D eigenvalue weighted by Gasteiger charge is 2.48. The second-order valence-electron chi connectivity index (χ2n) is 2.86. The van der Waals surface area contributed by atoms with E-state index in [1.54, 1.807) is 0 Å². The molecule has 1 aliphatic carbocycles. The van der Waals surface area contributed by atoms with E-state index in [0.29, 0.717) is 6.29 Å². The van der Waals surface area contributed by atoms with Crippen molar-refractivity contribution < 1.29 is 18.3 Å². The van der Waals surface area contributed by atoms with E-state index in [1.165, 1.54) is 7.11 Å². The normalized spacial score (nSPS) is 25.7. The first kappa shape index (κ1) is 8.59. The van der Waals surface area contributed by atoms with Crippen molar-refractivity contribution in [3.63, 3.8) is 0 Å². The molecule has 0 amide bonds. The minimum Gasteiger partial charge on any atom is -0.374 e. The SMILES string of the molecule is COC(C=O)C1CC(F)(F)C1. The summed E-state index contributed by atoms with van der Waals surface area (Å²) in [5.74, 6) is -2.85. The predicted octanol–water partition coefficient (Wildman–Crippen LogP) is 1.25. The number of ether oxygens (including phenoxy) is 1. The number of alkyl halides is 2. The molecule has 0 aromatic heterocycles. The molecule has 11 heavy (non-hydrogen) atoms. The van der Waals surface area contributed by atoms with Crippen LogP contribution in [-0.4, -0.2) is 25.4 Å². The first-order chi connectivity index (χ1) is 5.09. The maximum Gasteiger partial charge on any atom is 0.248 e. The standard InChI is InChI=1S/C7H10F2O2/c1-11-6(4-10)5-2-7(8,9)3-5/h4-6H,2-3H2,1H3. The molecule has 1 unspecified atom stereocenters. The van der Waals surface area contributed by atoms with Gasteiger partial charge in [0.25, 0.3) is 0 Å². The Kier molecular flexibility index (Phi) is 2.23. The Morgan fingerprint density at radius 2 is 2.18 bits per heavy atom. The minimum atomic E-state index is -2.57. The number of rotatable bonds is 3. The van der Waals surface area contributed by atoms with Gasteiger partial charge < -0.3 is 9.53 Å². The smallest absolute Gasteiger partial charge is 0.248 e. The van der Waals surface area contributed by atoms with Gasteiger partial charge in [0.1, 0.15) is 12.4 Å². The molecule has 0 N–H and O–H groups in total. The van der Waals surface area contributed by atoms with Crippen LogP contribution in [0.4, 0.5) is 8.78 Å². The Morgan fingerprint density at radius 3 is 2.45 bits per heavy atom. The van der Waals surface area contributed by atoms with Crippen molar-refractivity contribution in [2.45, 2.75) is 24.9 Å². The zero-order valence-corrected chi connectivity index (χ0v) is 6.22. The number of methoxy groups -OCH3 is 1. The molecule has 0 radical (unpaired) electrons. The van der Waals surface area contributed by atoms with E-state index >= 15 is 0 Å². The highest BCUT2D eigenvalue weighted by molar-refractivity contribution is 5.57. The molecule has 0 aromatic rings. The quantitative estimate of drug-likeness (QED) is 0.587. The Bertz CT molecular complexity index is 151. The summed E-state index contributed by atoms with van der Waals surface area (Å²) in [6.45, 7) is 0. The summed E-state index contributed by atoms with van der Waals surface area (Å²) in [5, 5.41) is 0. The number of carbonyl (C=O) groups is 1. The lowest BCUT2D eigenvalue weighted by molar-refractivity contribution is -0.153. The molecule has 1 aliphatic rings. The van der Waals surface area contributed by atoms with E-state index in [-0.39, 0.29) is 18.8 Å². The summed E-state index contributed by atoms with van der Waals surface area (Å²) in [6.07, 6.45) is -0.497. The van der Waals surface area contributed by atoms with Gasteiger partial charge in [-0.3, -0.25) is 0 Å². The molecular formula is C7H10F2O2. The van der Waals surface area contributed by atoms with Gasteiger partial charge in [0, 0.05) is 25.9 Å². The van der Waals surface area contributed by atoms with Crippen molar-refractivity contribution in [3.05, 3.63) is 0 Å². The summed E-state index contributed by atoms with van der Waals surface area (Å²) < 4.78 is 29.2. The third-order valence-electron chi connectivity index (χ3n) is 1.99. The lowest BCUT2D eigenvalue weighted by atomic mass is 9.78. The molecule has 0 bridgehead atoms. The van der Waals surface area contributed by atoms with Crippen LogP contribution in [0.15, 0.2) is 0 Å².